The van der Waals surface area contributed by atoms with Gasteiger partial charge < -0.3 is 14.1 Å². The summed E-state index contributed by atoms with van der Waals surface area (Å²) in [7, 11) is 0. The van der Waals surface area contributed by atoms with Crippen LogP contribution in [0.3, 0.4) is 0 Å². The van der Waals surface area contributed by atoms with E-state index in [1.807, 2.05) is 11.8 Å². The van der Waals surface area contributed by atoms with Crippen LogP contribution < -0.4 is 0 Å². The van der Waals surface area contributed by atoms with Gasteiger partial charge in [-0.25, -0.2) is 4.79 Å². The average molecular weight is 399 g/mol. The van der Waals surface area contributed by atoms with Crippen molar-refractivity contribution in [1.82, 2.24) is 4.90 Å². The number of nitriles is 1. The van der Waals surface area contributed by atoms with Crippen LogP contribution in [0, 0.1) is 49.9 Å². The molecule has 0 aromatic carbocycles. The van der Waals surface area contributed by atoms with E-state index >= 15 is 0 Å². The van der Waals surface area contributed by atoms with E-state index in [4.69, 9.17) is 14.4 Å². The standard InChI is InChI=1S/C23H30N2O4/c1-14-15(2)29-16(3)21(14)22(27)28-13-20(26)25(6-4-5-24)23-10-17-7-18(11-23)9-19(8-17)12-23/h17-19H,4,6-13H2,1-3H3. The molecule has 0 aliphatic heterocycles. The fourth-order valence-electron chi connectivity index (χ4n) is 6.56. The number of furan rings is 1. The van der Waals surface area contributed by atoms with Crippen LogP contribution in [0.1, 0.15) is 72.4 Å². The van der Waals surface area contributed by atoms with Crippen LogP contribution in [0.15, 0.2) is 4.42 Å². The quantitative estimate of drug-likeness (QED) is 0.675. The predicted molar refractivity (Wildman–Crippen MR) is 106 cm³/mol. The molecule has 0 spiro atoms. The minimum absolute atomic E-state index is 0.146. The molecule has 1 amide bonds. The summed E-state index contributed by atoms with van der Waals surface area (Å²) >= 11 is 0. The van der Waals surface area contributed by atoms with E-state index in [0.29, 0.717) is 47.8 Å². The number of rotatable bonds is 6. The summed E-state index contributed by atoms with van der Waals surface area (Å²) in [6.07, 6.45) is 7.25. The molecule has 1 heterocycles. The smallest absolute Gasteiger partial charge is 0.342 e. The van der Waals surface area contributed by atoms with E-state index in [9.17, 15) is 9.59 Å². The molecule has 4 fully saturated rings. The summed E-state index contributed by atoms with van der Waals surface area (Å²) in [5.41, 5.74) is 1.02. The summed E-state index contributed by atoms with van der Waals surface area (Å²) in [5, 5.41) is 9.13. The highest BCUT2D eigenvalue weighted by molar-refractivity contribution is 5.94. The Hall–Kier alpha value is -2.29. The van der Waals surface area contributed by atoms with E-state index in [0.717, 1.165) is 24.8 Å². The summed E-state index contributed by atoms with van der Waals surface area (Å²) in [4.78, 5) is 27.7. The number of hydrogen-bond donors (Lipinski definition) is 0. The highest BCUT2D eigenvalue weighted by atomic mass is 16.5. The maximum absolute atomic E-state index is 13.2. The molecule has 1 aromatic heterocycles. The van der Waals surface area contributed by atoms with Gasteiger partial charge in [0.05, 0.1) is 12.5 Å². The Balaban J connectivity index is 1.48. The van der Waals surface area contributed by atoms with E-state index in [1.165, 1.54) is 19.3 Å². The number of aryl methyl sites for hydroxylation is 2. The van der Waals surface area contributed by atoms with Crippen molar-refractivity contribution in [2.45, 2.75) is 71.3 Å². The number of amides is 1. The average Bonchev–Trinajstić information content (AvgIpc) is 2.90. The minimum atomic E-state index is -0.518. The molecular weight excluding hydrogens is 368 g/mol. The number of carbonyl (C=O) groups is 2. The Bertz CT molecular complexity index is 828. The van der Waals surface area contributed by atoms with Gasteiger partial charge in [0, 0.05) is 17.6 Å². The first-order valence-corrected chi connectivity index (χ1v) is 10.7. The molecule has 156 valence electrons. The molecule has 1 aromatic rings. The molecule has 5 rings (SSSR count). The number of esters is 1. The van der Waals surface area contributed by atoms with Gasteiger partial charge >= 0.3 is 5.97 Å². The number of ether oxygens (including phenoxy) is 1. The monoisotopic (exact) mass is 398 g/mol. The first kappa shape index (κ1) is 20.0. The highest BCUT2D eigenvalue weighted by Crippen LogP contribution is 2.57. The van der Waals surface area contributed by atoms with Crippen molar-refractivity contribution < 1.29 is 18.7 Å². The van der Waals surface area contributed by atoms with Crippen LogP contribution in [0.2, 0.25) is 0 Å². The highest BCUT2D eigenvalue weighted by Gasteiger charge is 2.54. The summed E-state index contributed by atoms with van der Waals surface area (Å²) in [6, 6.07) is 2.18. The SMILES string of the molecule is Cc1oc(C)c(C(=O)OCC(=O)N(CCC#N)C23CC4CC(CC(C4)C2)C3)c1C. The van der Waals surface area contributed by atoms with Crippen LogP contribution in [-0.2, 0) is 9.53 Å². The molecule has 29 heavy (non-hydrogen) atoms. The molecule has 0 saturated heterocycles. The Labute approximate surface area is 172 Å². The zero-order chi connectivity index (χ0) is 20.8. The zero-order valence-electron chi connectivity index (χ0n) is 17.6. The van der Waals surface area contributed by atoms with E-state index < -0.39 is 5.97 Å². The zero-order valence-corrected chi connectivity index (χ0v) is 17.6. The number of hydrogen-bond acceptors (Lipinski definition) is 5. The third kappa shape index (κ3) is 3.56. The lowest BCUT2D eigenvalue weighted by molar-refractivity contribution is -0.153. The Kier molecular flexibility index (Phi) is 5.18. The van der Waals surface area contributed by atoms with Crippen LogP contribution >= 0.6 is 0 Å². The van der Waals surface area contributed by atoms with Crippen molar-refractivity contribution >= 4 is 11.9 Å². The predicted octanol–water partition coefficient (Wildman–Crippen LogP) is 4.07. The van der Waals surface area contributed by atoms with Gasteiger partial charge in [-0.3, -0.25) is 4.79 Å². The van der Waals surface area contributed by atoms with E-state index in [1.54, 1.807) is 13.8 Å². The molecule has 0 unspecified atom stereocenters. The van der Waals surface area contributed by atoms with Gasteiger partial charge in [-0.05, 0) is 77.0 Å². The summed E-state index contributed by atoms with van der Waals surface area (Å²) in [5.74, 6) is 2.59. The molecule has 4 saturated carbocycles. The van der Waals surface area contributed by atoms with Crippen LogP contribution in [0.4, 0.5) is 0 Å². The Morgan fingerprint density at radius 2 is 1.69 bits per heavy atom. The lowest BCUT2D eigenvalue weighted by Gasteiger charge is -2.60. The molecule has 4 aliphatic carbocycles. The molecule has 0 radical (unpaired) electrons. The van der Waals surface area contributed by atoms with Gasteiger partial charge in [0.1, 0.15) is 17.1 Å². The maximum Gasteiger partial charge on any atom is 0.342 e. The van der Waals surface area contributed by atoms with Gasteiger partial charge in [-0.1, -0.05) is 0 Å². The first-order valence-electron chi connectivity index (χ1n) is 10.7. The maximum atomic E-state index is 13.2. The van der Waals surface area contributed by atoms with Gasteiger partial charge in [0.15, 0.2) is 6.61 Å². The van der Waals surface area contributed by atoms with E-state index in [2.05, 4.69) is 6.07 Å². The molecule has 4 aliphatic rings. The molecular formula is C23H30N2O4. The Morgan fingerprint density at radius 3 is 2.17 bits per heavy atom. The van der Waals surface area contributed by atoms with Gasteiger partial charge in [-0.2, -0.15) is 5.26 Å². The van der Waals surface area contributed by atoms with Crippen LogP contribution in [0.25, 0.3) is 0 Å². The Morgan fingerprint density at radius 1 is 1.10 bits per heavy atom. The largest absolute Gasteiger partial charge is 0.465 e. The van der Waals surface area contributed by atoms with Gasteiger partial charge in [-0.15, -0.1) is 0 Å². The second-order valence-corrected chi connectivity index (χ2v) is 9.39. The molecule has 6 heteroatoms. The van der Waals surface area contributed by atoms with Crippen molar-refractivity contribution in [3.8, 4) is 6.07 Å². The van der Waals surface area contributed by atoms with Crippen molar-refractivity contribution in [3.05, 3.63) is 22.6 Å². The second kappa shape index (κ2) is 7.51. The topological polar surface area (TPSA) is 83.5 Å². The fraction of sp³-hybridized carbons (Fsp3) is 0.696. The summed E-state index contributed by atoms with van der Waals surface area (Å²) < 4.78 is 10.9. The number of nitrogens with zero attached hydrogens (tertiary/aromatic N) is 2. The van der Waals surface area contributed by atoms with Crippen molar-refractivity contribution in [2.75, 3.05) is 13.2 Å². The normalized spacial score (nSPS) is 29.5. The molecule has 6 nitrogen and oxygen atoms in total. The summed E-state index contributed by atoms with van der Waals surface area (Å²) in [6.45, 7) is 5.49. The fourth-order valence-corrected chi connectivity index (χ4v) is 6.56. The minimum Gasteiger partial charge on any atom is -0.465 e. The third-order valence-electron chi connectivity index (χ3n) is 7.42. The molecule has 0 N–H and O–H groups in total. The second-order valence-electron chi connectivity index (χ2n) is 9.39. The lowest BCUT2D eigenvalue weighted by atomic mass is 9.52. The van der Waals surface area contributed by atoms with Gasteiger partial charge in [0.2, 0.25) is 0 Å². The van der Waals surface area contributed by atoms with E-state index in [-0.39, 0.29) is 18.1 Å². The lowest BCUT2D eigenvalue weighted by Crippen LogP contribution is -2.62. The van der Waals surface area contributed by atoms with Crippen molar-refractivity contribution in [1.29, 1.82) is 5.26 Å². The third-order valence-corrected chi connectivity index (χ3v) is 7.42. The van der Waals surface area contributed by atoms with Crippen molar-refractivity contribution in [2.24, 2.45) is 17.8 Å². The van der Waals surface area contributed by atoms with Crippen molar-refractivity contribution in [3.63, 3.8) is 0 Å². The van der Waals surface area contributed by atoms with Crippen LogP contribution in [-0.4, -0.2) is 35.5 Å². The van der Waals surface area contributed by atoms with Gasteiger partial charge in [0.25, 0.3) is 5.91 Å². The van der Waals surface area contributed by atoms with Crippen LogP contribution in [0.5, 0.6) is 0 Å². The molecule has 4 bridgehead atoms. The first-order chi connectivity index (χ1) is 13.8. The molecule has 0 atom stereocenters. The number of carbonyl (C=O) groups excluding carboxylic acids is 2.